The number of furan rings is 1. The molecule has 3 rings (SSSR count). The van der Waals surface area contributed by atoms with Gasteiger partial charge in [-0.1, -0.05) is 12.1 Å². The summed E-state index contributed by atoms with van der Waals surface area (Å²) in [6.07, 6.45) is 2.03. The highest BCUT2D eigenvalue weighted by molar-refractivity contribution is 5.81. The fourth-order valence-corrected chi connectivity index (χ4v) is 1.53. The number of fused-ring (bicyclic) bond motifs is 1. The first kappa shape index (κ1) is 6.26. The Labute approximate surface area is 69.7 Å². The van der Waals surface area contributed by atoms with Gasteiger partial charge >= 0.3 is 0 Å². The standard InChI is InChI=1S/C10H8O2/c1-2-7(10-6-12-10)8-4-5-11-9(8)3-1/h1-5,10H,6H2. The minimum atomic E-state index is 0.311. The summed E-state index contributed by atoms with van der Waals surface area (Å²) in [5.41, 5.74) is 2.20. The van der Waals surface area contributed by atoms with Gasteiger partial charge in [-0.05, 0) is 17.7 Å². The molecule has 0 saturated carbocycles. The summed E-state index contributed by atoms with van der Waals surface area (Å²) in [7, 11) is 0. The molecule has 2 heterocycles. The van der Waals surface area contributed by atoms with Gasteiger partial charge in [0.2, 0.25) is 0 Å². The molecule has 1 aliphatic heterocycles. The molecule has 0 amide bonds. The summed E-state index contributed by atoms with van der Waals surface area (Å²) in [5, 5.41) is 1.18. The van der Waals surface area contributed by atoms with E-state index < -0.39 is 0 Å². The Morgan fingerprint density at radius 2 is 2.17 bits per heavy atom. The molecule has 2 aromatic rings. The molecule has 0 spiro atoms. The Balaban J connectivity index is 2.32. The smallest absolute Gasteiger partial charge is 0.134 e. The molecule has 0 bridgehead atoms. The quantitative estimate of drug-likeness (QED) is 0.599. The summed E-state index contributed by atoms with van der Waals surface area (Å²) < 4.78 is 10.5. The third-order valence-corrected chi connectivity index (χ3v) is 2.21. The van der Waals surface area contributed by atoms with E-state index in [0.717, 1.165) is 12.2 Å². The van der Waals surface area contributed by atoms with E-state index in [2.05, 4.69) is 6.07 Å². The molecule has 60 valence electrons. The van der Waals surface area contributed by atoms with Crippen LogP contribution in [0.3, 0.4) is 0 Å². The van der Waals surface area contributed by atoms with E-state index in [1.807, 2.05) is 18.2 Å². The molecule has 1 unspecified atom stereocenters. The number of hydrogen-bond acceptors (Lipinski definition) is 2. The topological polar surface area (TPSA) is 25.7 Å². The van der Waals surface area contributed by atoms with Crippen molar-refractivity contribution in [3.63, 3.8) is 0 Å². The molecule has 12 heavy (non-hydrogen) atoms. The fraction of sp³-hybridized carbons (Fsp3) is 0.200. The van der Waals surface area contributed by atoms with Crippen LogP contribution < -0.4 is 0 Å². The van der Waals surface area contributed by atoms with Crippen molar-refractivity contribution in [1.82, 2.24) is 0 Å². The van der Waals surface area contributed by atoms with Crippen molar-refractivity contribution >= 4 is 11.0 Å². The number of ether oxygens (including phenoxy) is 1. The highest BCUT2D eigenvalue weighted by Gasteiger charge is 2.26. The molecule has 0 aliphatic carbocycles. The first-order valence-electron chi connectivity index (χ1n) is 4.03. The molecule has 1 aromatic heterocycles. The van der Waals surface area contributed by atoms with Crippen LogP contribution in [0.1, 0.15) is 11.7 Å². The Hall–Kier alpha value is -1.28. The lowest BCUT2D eigenvalue weighted by molar-refractivity contribution is 0.417. The SMILES string of the molecule is c1cc(C2CO2)c2ccoc2c1. The van der Waals surface area contributed by atoms with Gasteiger partial charge in [0, 0.05) is 5.39 Å². The number of rotatable bonds is 1. The van der Waals surface area contributed by atoms with Crippen LogP contribution in [0.25, 0.3) is 11.0 Å². The second-order valence-electron chi connectivity index (χ2n) is 3.00. The highest BCUT2D eigenvalue weighted by atomic mass is 16.6. The lowest BCUT2D eigenvalue weighted by Crippen LogP contribution is -1.79. The Kier molecular flexibility index (Phi) is 1.10. The van der Waals surface area contributed by atoms with E-state index in [1.54, 1.807) is 6.26 Å². The Morgan fingerprint density at radius 1 is 1.25 bits per heavy atom. The van der Waals surface area contributed by atoms with E-state index in [9.17, 15) is 0 Å². The monoisotopic (exact) mass is 160 g/mol. The van der Waals surface area contributed by atoms with E-state index in [1.165, 1.54) is 10.9 Å². The van der Waals surface area contributed by atoms with Crippen LogP contribution in [0, 0.1) is 0 Å². The van der Waals surface area contributed by atoms with Gasteiger partial charge in [0.1, 0.15) is 11.7 Å². The van der Waals surface area contributed by atoms with E-state index >= 15 is 0 Å². The molecule has 1 aliphatic rings. The zero-order valence-electron chi connectivity index (χ0n) is 6.49. The maximum Gasteiger partial charge on any atom is 0.134 e. The van der Waals surface area contributed by atoms with Crippen molar-refractivity contribution in [2.45, 2.75) is 6.10 Å². The molecule has 1 atom stereocenters. The van der Waals surface area contributed by atoms with Crippen molar-refractivity contribution in [2.24, 2.45) is 0 Å². The molecule has 0 radical (unpaired) electrons. The third-order valence-electron chi connectivity index (χ3n) is 2.21. The number of benzene rings is 1. The van der Waals surface area contributed by atoms with Crippen LogP contribution in [-0.4, -0.2) is 6.61 Å². The van der Waals surface area contributed by atoms with Gasteiger partial charge in [-0.2, -0.15) is 0 Å². The molecule has 1 fully saturated rings. The van der Waals surface area contributed by atoms with Gasteiger partial charge < -0.3 is 9.15 Å². The predicted octanol–water partition coefficient (Wildman–Crippen LogP) is 2.50. The zero-order chi connectivity index (χ0) is 7.97. The van der Waals surface area contributed by atoms with Gasteiger partial charge in [0.05, 0.1) is 12.9 Å². The lowest BCUT2D eigenvalue weighted by Gasteiger charge is -1.95. The zero-order valence-corrected chi connectivity index (χ0v) is 6.49. The molecule has 2 nitrogen and oxygen atoms in total. The van der Waals surface area contributed by atoms with Crippen LogP contribution >= 0.6 is 0 Å². The lowest BCUT2D eigenvalue weighted by atomic mass is 10.1. The molecule has 0 N–H and O–H groups in total. The average Bonchev–Trinajstić information content (AvgIpc) is 2.82. The molecule has 1 aromatic carbocycles. The second kappa shape index (κ2) is 2.11. The summed E-state index contributed by atoms with van der Waals surface area (Å²) in [6, 6.07) is 8.06. The Morgan fingerprint density at radius 3 is 3.00 bits per heavy atom. The molecule has 2 heteroatoms. The number of hydrogen-bond donors (Lipinski definition) is 0. The fourth-order valence-electron chi connectivity index (χ4n) is 1.53. The van der Waals surface area contributed by atoms with Gasteiger partial charge in [-0.25, -0.2) is 0 Å². The minimum Gasteiger partial charge on any atom is -0.464 e. The second-order valence-corrected chi connectivity index (χ2v) is 3.00. The van der Waals surface area contributed by atoms with Gasteiger partial charge in [-0.15, -0.1) is 0 Å². The van der Waals surface area contributed by atoms with Gasteiger partial charge in [0.15, 0.2) is 0 Å². The Bertz CT molecular complexity index is 412. The molecular weight excluding hydrogens is 152 g/mol. The van der Waals surface area contributed by atoms with Gasteiger partial charge in [0.25, 0.3) is 0 Å². The van der Waals surface area contributed by atoms with Crippen molar-refractivity contribution in [3.8, 4) is 0 Å². The predicted molar refractivity (Wildman–Crippen MR) is 44.9 cm³/mol. The molecule has 1 saturated heterocycles. The largest absolute Gasteiger partial charge is 0.464 e. The normalized spacial score (nSPS) is 21.5. The van der Waals surface area contributed by atoms with E-state index in [0.29, 0.717) is 6.10 Å². The summed E-state index contributed by atoms with van der Waals surface area (Å²) in [6.45, 7) is 0.851. The van der Waals surface area contributed by atoms with Crippen LogP contribution in [0.5, 0.6) is 0 Å². The van der Waals surface area contributed by atoms with Crippen molar-refractivity contribution in [1.29, 1.82) is 0 Å². The summed E-state index contributed by atoms with van der Waals surface area (Å²) in [5.74, 6) is 0. The first-order valence-corrected chi connectivity index (χ1v) is 4.03. The summed E-state index contributed by atoms with van der Waals surface area (Å²) in [4.78, 5) is 0. The van der Waals surface area contributed by atoms with Crippen molar-refractivity contribution < 1.29 is 9.15 Å². The van der Waals surface area contributed by atoms with Crippen LogP contribution in [-0.2, 0) is 4.74 Å². The maximum atomic E-state index is 5.28. The van der Waals surface area contributed by atoms with Crippen molar-refractivity contribution in [3.05, 3.63) is 36.1 Å². The van der Waals surface area contributed by atoms with Crippen molar-refractivity contribution in [2.75, 3.05) is 6.61 Å². The number of epoxide rings is 1. The van der Waals surface area contributed by atoms with Crippen LogP contribution in [0.2, 0.25) is 0 Å². The van der Waals surface area contributed by atoms with E-state index in [4.69, 9.17) is 9.15 Å². The van der Waals surface area contributed by atoms with Gasteiger partial charge in [-0.3, -0.25) is 0 Å². The average molecular weight is 160 g/mol. The maximum absolute atomic E-state index is 5.28. The van der Waals surface area contributed by atoms with E-state index in [-0.39, 0.29) is 0 Å². The van der Waals surface area contributed by atoms with Crippen LogP contribution in [0.4, 0.5) is 0 Å². The third kappa shape index (κ3) is 0.786. The minimum absolute atomic E-state index is 0.311. The summed E-state index contributed by atoms with van der Waals surface area (Å²) >= 11 is 0. The first-order chi connectivity index (χ1) is 5.95. The van der Waals surface area contributed by atoms with Crippen LogP contribution in [0.15, 0.2) is 34.9 Å². The molecular formula is C10H8O2. The highest BCUT2D eigenvalue weighted by Crippen LogP contribution is 2.34.